The van der Waals surface area contributed by atoms with Gasteiger partial charge in [0.15, 0.2) is 0 Å². The van der Waals surface area contributed by atoms with Crippen LogP contribution in [0.2, 0.25) is 0 Å². The highest BCUT2D eigenvalue weighted by Gasteiger charge is 2.29. The average molecular weight is 665 g/mol. The number of aromatic nitrogens is 1. The van der Waals surface area contributed by atoms with Crippen molar-refractivity contribution in [2.24, 2.45) is 17.2 Å². The first-order valence-corrected chi connectivity index (χ1v) is 15.2. The van der Waals surface area contributed by atoms with Crippen LogP contribution in [0.3, 0.4) is 0 Å². The molecule has 0 spiro atoms. The largest absolute Gasteiger partial charge is 0.480 e. The number of amides is 6. The summed E-state index contributed by atoms with van der Waals surface area (Å²) in [4.78, 5) is 89.6. The van der Waals surface area contributed by atoms with Crippen molar-refractivity contribution in [3.05, 3.63) is 71.9 Å². The number of rotatable bonds is 19. The van der Waals surface area contributed by atoms with E-state index in [2.05, 4.69) is 26.3 Å². The molecule has 0 fully saturated rings. The van der Waals surface area contributed by atoms with Crippen LogP contribution in [-0.2, 0) is 46.4 Å². The van der Waals surface area contributed by atoms with E-state index in [0.29, 0.717) is 11.1 Å². The van der Waals surface area contributed by atoms with E-state index in [4.69, 9.17) is 17.2 Å². The zero-order valence-corrected chi connectivity index (χ0v) is 26.1. The van der Waals surface area contributed by atoms with Gasteiger partial charge in [-0.2, -0.15) is 0 Å². The highest BCUT2D eigenvalue weighted by atomic mass is 16.4. The fraction of sp³-hybridized carbons (Fsp3) is 0.344. The van der Waals surface area contributed by atoms with E-state index >= 15 is 0 Å². The van der Waals surface area contributed by atoms with Gasteiger partial charge >= 0.3 is 5.97 Å². The number of nitrogens with two attached hydrogens (primary N) is 3. The minimum absolute atomic E-state index is 0.00365. The first kappa shape index (κ1) is 36.7. The Morgan fingerprint density at radius 2 is 1.33 bits per heavy atom. The quantitative estimate of drug-likeness (QED) is 0.0717. The Kier molecular flexibility index (Phi) is 13.6. The molecule has 0 aliphatic carbocycles. The number of carbonyl (C=O) groups is 7. The van der Waals surface area contributed by atoms with Crippen molar-refractivity contribution >= 4 is 52.3 Å². The number of H-pyrrole nitrogens is 1. The highest BCUT2D eigenvalue weighted by Crippen LogP contribution is 2.19. The molecule has 16 nitrogen and oxygen atoms in total. The highest BCUT2D eigenvalue weighted by molar-refractivity contribution is 5.95. The summed E-state index contributed by atoms with van der Waals surface area (Å²) in [7, 11) is 0. The number of carboxylic acids is 1. The van der Waals surface area contributed by atoms with Crippen molar-refractivity contribution < 1.29 is 38.7 Å². The van der Waals surface area contributed by atoms with Crippen molar-refractivity contribution in [3.63, 3.8) is 0 Å². The van der Waals surface area contributed by atoms with Crippen LogP contribution in [0.25, 0.3) is 10.9 Å². The molecule has 6 amide bonds. The van der Waals surface area contributed by atoms with E-state index in [1.165, 1.54) is 0 Å². The molecule has 12 N–H and O–H groups in total. The summed E-state index contributed by atoms with van der Waals surface area (Å²) in [5.41, 5.74) is 18.2. The van der Waals surface area contributed by atoms with E-state index < -0.39 is 72.1 Å². The molecule has 0 bridgehead atoms. The Hall–Kier alpha value is -5.77. The number of para-hydroxylation sites is 1. The maximum Gasteiger partial charge on any atom is 0.326 e. The van der Waals surface area contributed by atoms with Crippen LogP contribution >= 0.6 is 0 Å². The van der Waals surface area contributed by atoms with Gasteiger partial charge in [-0.1, -0.05) is 48.5 Å². The Labute approximate surface area is 275 Å². The number of aromatic amines is 1. The lowest BCUT2D eigenvalue weighted by Crippen LogP contribution is -2.56. The Bertz CT molecular complexity index is 1630. The molecule has 3 rings (SSSR count). The average Bonchev–Trinajstić information content (AvgIpc) is 3.46. The third-order valence-corrected chi connectivity index (χ3v) is 7.42. The van der Waals surface area contributed by atoms with Gasteiger partial charge in [-0.05, 0) is 30.0 Å². The van der Waals surface area contributed by atoms with E-state index in [1.807, 2.05) is 18.2 Å². The minimum Gasteiger partial charge on any atom is -0.480 e. The standard InChI is InChI=1S/C32H40N8O8/c33-21(10-12-26(34)41)29(44)39-23(11-13-27(35)42)30(45)37-17-28(43)38-24(15-19-16-36-22-9-5-4-8-20(19)22)31(46)40-25(32(47)48)14-18-6-2-1-3-7-18/h1-9,16,21,23-25,36H,10-15,17,33H2,(H2,34,41)(H2,35,42)(H,37,45)(H,38,43)(H,39,44)(H,40,46)(H,47,48)/t21-,23-,24-,25-/m0/s1. The maximum absolute atomic E-state index is 13.5. The van der Waals surface area contributed by atoms with Crippen LogP contribution in [-0.4, -0.2) is 82.2 Å². The first-order chi connectivity index (χ1) is 22.8. The molecule has 3 aromatic rings. The van der Waals surface area contributed by atoms with Crippen molar-refractivity contribution in [2.75, 3.05) is 6.54 Å². The lowest BCUT2D eigenvalue weighted by atomic mass is 10.0. The zero-order chi connectivity index (χ0) is 35.2. The van der Waals surface area contributed by atoms with Gasteiger partial charge in [0, 0.05) is 42.8 Å². The van der Waals surface area contributed by atoms with Gasteiger partial charge in [0.2, 0.25) is 35.4 Å². The number of aliphatic carboxylic acids is 1. The number of benzene rings is 2. The molecule has 48 heavy (non-hydrogen) atoms. The smallest absolute Gasteiger partial charge is 0.326 e. The Morgan fingerprint density at radius 1 is 0.708 bits per heavy atom. The number of fused-ring (bicyclic) bond motifs is 1. The minimum atomic E-state index is -1.31. The van der Waals surface area contributed by atoms with Crippen LogP contribution in [0, 0.1) is 0 Å². The first-order valence-electron chi connectivity index (χ1n) is 15.2. The van der Waals surface area contributed by atoms with Crippen molar-refractivity contribution in [3.8, 4) is 0 Å². The monoisotopic (exact) mass is 664 g/mol. The number of hydrogen-bond acceptors (Lipinski definition) is 8. The fourth-order valence-electron chi connectivity index (χ4n) is 4.85. The molecular formula is C32H40N8O8. The summed E-state index contributed by atoms with van der Waals surface area (Å²) in [6, 6.07) is 11.0. The Balaban J connectivity index is 1.72. The van der Waals surface area contributed by atoms with Crippen LogP contribution in [0.4, 0.5) is 0 Å². The Morgan fingerprint density at radius 3 is 2.00 bits per heavy atom. The summed E-state index contributed by atoms with van der Waals surface area (Å²) in [5.74, 6) is -5.86. The molecule has 0 saturated heterocycles. The summed E-state index contributed by atoms with van der Waals surface area (Å²) in [6.07, 6.45) is 0.922. The van der Waals surface area contributed by atoms with Gasteiger partial charge in [0.25, 0.3) is 0 Å². The fourth-order valence-corrected chi connectivity index (χ4v) is 4.85. The number of nitrogens with one attached hydrogen (secondary N) is 5. The van der Waals surface area contributed by atoms with Crippen LogP contribution < -0.4 is 38.5 Å². The normalized spacial score (nSPS) is 13.4. The van der Waals surface area contributed by atoms with Gasteiger partial charge in [0.05, 0.1) is 12.6 Å². The zero-order valence-electron chi connectivity index (χ0n) is 26.1. The summed E-state index contributed by atoms with van der Waals surface area (Å²) >= 11 is 0. The van der Waals surface area contributed by atoms with Crippen molar-refractivity contribution in [1.82, 2.24) is 26.3 Å². The molecule has 0 saturated carbocycles. The molecule has 0 aliphatic heterocycles. The van der Waals surface area contributed by atoms with Gasteiger partial charge in [-0.15, -0.1) is 0 Å². The molecule has 1 aromatic heterocycles. The van der Waals surface area contributed by atoms with Crippen LogP contribution in [0.5, 0.6) is 0 Å². The predicted octanol–water partition coefficient (Wildman–Crippen LogP) is -1.53. The molecule has 4 atom stereocenters. The van der Waals surface area contributed by atoms with Gasteiger partial charge < -0.3 is 48.6 Å². The third-order valence-electron chi connectivity index (χ3n) is 7.42. The second-order valence-corrected chi connectivity index (χ2v) is 11.2. The lowest BCUT2D eigenvalue weighted by Gasteiger charge is -2.23. The van der Waals surface area contributed by atoms with Gasteiger partial charge in [-0.3, -0.25) is 28.8 Å². The predicted molar refractivity (Wildman–Crippen MR) is 173 cm³/mol. The third kappa shape index (κ3) is 11.5. The molecular weight excluding hydrogens is 624 g/mol. The molecule has 2 aromatic carbocycles. The second-order valence-electron chi connectivity index (χ2n) is 11.2. The van der Waals surface area contributed by atoms with Crippen molar-refractivity contribution in [1.29, 1.82) is 0 Å². The van der Waals surface area contributed by atoms with E-state index in [1.54, 1.807) is 42.6 Å². The molecule has 256 valence electrons. The summed E-state index contributed by atoms with van der Waals surface area (Å²) in [6.45, 7) is -0.639. The van der Waals surface area contributed by atoms with Gasteiger partial charge in [-0.25, -0.2) is 4.79 Å². The molecule has 1 heterocycles. The topological polar surface area (TPSA) is 282 Å². The van der Waals surface area contributed by atoms with Crippen LogP contribution in [0.15, 0.2) is 60.8 Å². The number of hydrogen-bond donors (Lipinski definition) is 9. The lowest BCUT2D eigenvalue weighted by molar-refractivity contribution is -0.142. The van der Waals surface area contributed by atoms with E-state index in [0.717, 1.165) is 10.9 Å². The SMILES string of the molecule is NC(=O)CC[C@H](NC(=O)[C@@H](N)CCC(N)=O)C(=O)NCC(=O)N[C@@H](Cc1c[nH]c2ccccc12)C(=O)N[C@@H](Cc1ccccc1)C(=O)O. The van der Waals surface area contributed by atoms with Gasteiger partial charge in [0.1, 0.15) is 18.1 Å². The summed E-state index contributed by atoms with van der Waals surface area (Å²) < 4.78 is 0. The molecule has 0 radical (unpaired) electrons. The number of carboxylic acid groups (broad SMARTS) is 1. The van der Waals surface area contributed by atoms with Crippen molar-refractivity contribution in [2.45, 2.75) is 62.7 Å². The maximum atomic E-state index is 13.5. The second kappa shape index (κ2) is 17.8. The van der Waals surface area contributed by atoms with E-state index in [-0.39, 0.29) is 38.5 Å². The number of primary amides is 2. The summed E-state index contributed by atoms with van der Waals surface area (Å²) in [5, 5.41) is 20.4. The molecule has 0 aliphatic rings. The molecule has 16 heteroatoms. The van der Waals surface area contributed by atoms with Crippen LogP contribution in [0.1, 0.15) is 36.8 Å². The van der Waals surface area contributed by atoms with E-state index in [9.17, 15) is 38.7 Å². The molecule has 0 unspecified atom stereocenters. The number of carbonyl (C=O) groups excluding carboxylic acids is 6.